The van der Waals surface area contributed by atoms with Crippen LogP contribution in [-0.4, -0.2) is 13.1 Å². The van der Waals surface area contributed by atoms with E-state index in [1.165, 1.54) is 38.6 Å². The molecule has 0 amide bonds. The van der Waals surface area contributed by atoms with E-state index in [0.717, 1.165) is 24.3 Å². The van der Waals surface area contributed by atoms with Gasteiger partial charge in [-0.3, -0.25) is 0 Å². The lowest BCUT2D eigenvalue weighted by atomic mass is 9.67. The van der Waals surface area contributed by atoms with Crippen molar-refractivity contribution in [2.24, 2.45) is 23.2 Å². The lowest BCUT2D eigenvalue weighted by Crippen LogP contribution is -2.32. The maximum Gasteiger partial charge on any atom is -0.00258 e. The minimum atomic E-state index is 0.526. The molecule has 0 bridgehead atoms. The van der Waals surface area contributed by atoms with Crippen molar-refractivity contribution >= 4 is 0 Å². The molecular formula is C16H33N. The van der Waals surface area contributed by atoms with E-state index >= 15 is 0 Å². The molecule has 2 atom stereocenters. The van der Waals surface area contributed by atoms with Crippen LogP contribution in [0, 0.1) is 23.2 Å². The molecule has 1 aliphatic carbocycles. The summed E-state index contributed by atoms with van der Waals surface area (Å²) in [5.41, 5.74) is 0.526. The molecule has 1 aliphatic rings. The van der Waals surface area contributed by atoms with Crippen molar-refractivity contribution in [1.29, 1.82) is 0 Å². The van der Waals surface area contributed by atoms with Crippen molar-refractivity contribution in [2.45, 2.75) is 66.7 Å². The van der Waals surface area contributed by atoms with E-state index in [1.54, 1.807) is 0 Å². The number of hydrogen-bond acceptors (Lipinski definition) is 1. The topological polar surface area (TPSA) is 12.0 Å². The summed E-state index contributed by atoms with van der Waals surface area (Å²) in [5.74, 6) is 2.68. The number of hydrogen-bond donors (Lipinski definition) is 1. The summed E-state index contributed by atoms with van der Waals surface area (Å²) in [6.07, 6.45) is 7.16. The van der Waals surface area contributed by atoms with Crippen LogP contribution in [0.3, 0.4) is 0 Å². The van der Waals surface area contributed by atoms with Crippen LogP contribution in [0.25, 0.3) is 0 Å². The first-order valence-electron chi connectivity index (χ1n) is 7.62. The van der Waals surface area contributed by atoms with Crippen LogP contribution in [0.2, 0.25) is 0 Å². The summed E-state index contributed by atoms with van der Waals surface area (Å²) in [6, 6.07) is 0. The lowest BCUT2D eigenvalue weighted by Gasteiger charge is -2.39. The number of rotatable bonds is 6. The van der Waals surface area contributed by atoms with Crippen LogP contribution in [0.1, 0.15) is 66.7 Å². The first-order chi connectivity index (χ1) is 7.92. The lowest BCUT2D eigenvalue weighted by molar-refractivity contribution is 0.120. The van der Waals surface area contributed by atoms with E-state index in [9.17, 15) is 0 Å². The summed E-state index contributed by atoms with van der Waals surface area (Å²) in [5, 5.41) is 3.59. The molecule has 2 unspecified atom stereocenters. The Hall–Kier alpha value is -0.0400. The fraction of sp³-hybridized carbons (Fsp3) is 1.00. The van der Waals surface area contributed by atoms with Crippen LogP contribution in [0.4, 0.5) is 0 Å². The van der Waals surface area contributed by atoms with Crippen LogP contribution in [0.15, 0.2) is 0 Å². The van der Waals surface area contributed by atoms with E-state index in [1.807, 2.05) is 0 Å². The van der Waals surface area contributed by atoms with E-state index in [2.05, 4.69) is 39.9 Å². The average Bonchev–Trinajstić information content (AvgIpc) is 2.24. The maximum absolute atomic E-state index is 3.59. The SMILES string of the molecule is CC(C)CNCCC(C)(C)C1CCCC(C)C1. The zero-order valence-electron chi connectivity index (χ0n) is 12.7. The van der Waals surface area contributed by atoms with Gasteiger partial charge in [0.1, 0.15) is 0 Å². The van der Waals surface area contributed by atoms with Gasteiger partial charge in [-0.2, -0.15) is 0 Å². The predicted octanol–water partition coefficient (Wildman–Crippen LogP) is 4.47. The summed E-state index contributed by atoms with van der Waals surface area (Å²) in [4.78, 5) is 0. The van der Waals surface area contributed by atoms with Gasteiger partial charge in [0.05, 0.1) is 0 Å². The molecule has 1 nitrogen and oxygen atoms in total. The van der Waals surface area contributed by atoms with E-state index < -0.39 is 0 Å². The Morgan fingerprint density at radius 2 is 1.94 bits per heavy atom. The Morgan fingerprint density at radius 3 is 2.53 bits per heavy atom. The first-order valence-corrected chi connectivity index (χ1v) is 7.62. The molecule has 1 rings (SSSR count). The van der Waals surface area contributed by atoms with Crippen molar-refractivity contribution in [3.8, 4) is 0 Å². The van der Waals surface area contributed by atoms with Gasteiger partial charge in [0.25, 0.3) is 0 Å². The molecule has 0 aromatic carbocycles. The Balaban J connectivity index is 2.28. The molecule has 0 aromatic rings. The molecule has 102 valence electrons. The number of nitrogens with one attached hydrogen (secondary N) is 1. The van der Waals surface area contributed by atoms with Gasteiger partial charge in [-0.25, -0.2) is 0 Å². The van der Waals surface area contributed by atoms with E-state index in [0.29, 0.717) is 5.41 Å². The molecule has 0 spiro atoms. The highest BCUT2D eigenvalue weighted by Gasteiger charge is 2.32. The van der Waals surface area contributed by atoms with Crippen molar-refractivity contribution in [3.63, 3.8) is 0 Å². The van der Waals surface area contributed by atoms with Crippen molar-refractivity contribution in [3.05, 3.63) is 0 Å². The largest absolute Gasteiger partial charge is 0.316 e. The van der Waals surface area contributed by atoms with Gasteiger partial charge in [-0.15, -0.1) is 0 Å². The fourth-order valence-electron chi connectivity index (χ4n) is 3.15. The van der Waals surface area contributed by atoms with Gasteiger partial charge in [-0.05, 0) is 55.5 Å². The molecule has 17 heavy (non-hydrogen) atoms. The van der Waals surface area contributed by atoms with Crippen LogP contribution in [-0.2, 0) is 0 Å². The van der Waals surface area contributed by atoms with Crippen molar-refractivity contribution in [1.82, 2.24) is 5.32 Å². The Morgan fingerprint density at radius 1 is 1.24 bits per heavy atom. The normalized spacial score (nSPS) is 26.5. The van der Waals surface area contributed by atoms with Crippen molar-refractivity contribution in [2.75, 3.05) is 13.1 Å². The molecule has 0 aliphatic heterocycles. The van der Waals surface area contributed by atoms with Gasteiger partial charge in [-0.1, -0.05) is 47.5 Å². The summed E-state index contributed by atoms with van der Waals surface area (Å²) in [6.45, 7) is 14.3. The third-order valence-corrected chi connectivity index (χ3v) is 4.54. The summed E-state index contributed by atoms with van der Waals surface area (Å²) in [7, 11) is 0. The molecule has 1 fully saturated rings. The zero-order valence-corrected chi connectivity index (χ0v) is 12.7. The van der Waals surface area contributed by atoms with Gasteiger partial charge < -0.3 is 5.32 Å². The molecule has 0 heterocycles. The molecule has 0 saturated heterocycles. The van der Waals surface area contributed by atoms with Crippen LogP contribution >= 0.6 is 0 Å². The summed E-state index contributed by atoms with van der Waals surface area (Å²) >= 11 is 0. The molecule has 1 N–H and O–H groups in total. The second kappa shape index (κ2) is 6.78. The summed E-state index contributed by atoms with van der Waals surface area (Å²) < 4.78 is 0. The van der Waals surface area contributed by atoms with Gasteiger partial charge in [0.15, 0.2) is 0 Å². The van der Waals surface area contributed by atoms with Gasteiger partial charge in [0.2, 0.25) is 0 Å². The minimum absolute atomic E-state index is 0.526. The maximum atomic E-state index is 3.59. The average molecular weight is 239 g/mol. The quantitative estimate of drug-likeness (QED) is 0.674. The van der Waals surface area contributed by atoms with E-state index in [4.69, 9.17) is 0 Å². The standard InChI is InChI=1S/C16H33N/c1-13(2)12-17-10-9-16(4,5)15-8-6-7-14(3)11-15/h13-15,17H,6-12H2,1-5H3. The van der Waals surface area contributed by atoms with Gasteiger partial charge >= 0.3 is 0 Å². The highest BCUT2D eigenvalue weighted by atomic mass is 14.9. The minimum Gasteiger partial charge on any atom is -0.316 e. The smallest absolute Gasteiger partial charge is 0.00258 e. The monoisotopic (exact) mass is 239 g/mol. The van der Waals surface area contributed by atoms with Crippen LogP contribution < -0.4 is 5.32 Å². The molecule has 1 saturated carbocycles. The Kier molecular flexibility index (Phi) is 5.99. The molecule has 0 aromatic heterocycles. The Labute approximate surface area is 109 Å². The molecule has 1 heteroatoms. The van der Waals surface area contributed by atoms with Crippen LogP contribution in [0.5, 0.6) is 0 Å². The highest BCUT2D eigenvalue weighted by Crippen LogP contribution is 2.42. The predicted molar refractivity (Wildman–Crippen MR) is 77.2 cm³/mol. The molecular weight excluding hydrogens is 206 g/mol. The van der Waals surface area contributed by atoms with Gasteiger partial charge in [0, 0.05) is 0 Å². The zero-order chi connectivity index (χ0) is 12.9. The second-order valence-corrected chi connectivity index (χ2v) is 7.31. The van der Waals surface area contributed by atoms with E-state index in [-0.39, 0.29) is 0 Å². The fourth-order valence-corrected chi connectivity index (χ4v) is 3.15. The Bertz CT molecular complexity index is 208. The third kappa shape index (κ3) is 5.42. The van der Waals surface area contributed by atoms with Crippen molar-refractivity contribution < 1.29 is 0 Å². The second-order valence-electron chi connectivity index (χ2n) is 7.31. The highest BCUT2D eigenvalue weighted by molar-refractivity contribution is 4.83. The third-order valence-electron chi connectivity index (χ3n) is 4.54. The first kappa shape index (κ1) is 15.0. The molecule has 0 radical (unpaired) electrons.